The molecule has 1 aliphatic heterocycles. The van der Waals surface area contributed by atoms with Gasteiger partial charge in [0.15, 0.2) is 5.69 Å². The van der Waals surface area contributed by atoms with E-state index in [9.17, 15) is 14.7 Å². The molecular weight excluding hydrogens is 394 g/mol. The van der Waals surface area contributed by atoms with Gasteiger partial charge < -0.3 is 19.1 Å². The molecule has 3 aliphatic rings. The molecule has 0 aromatic carbocycles. The van der Waals surface area contributed by atoms with Crippen molar-refractivity contribution in [3.63, 3.8) is 0 Å². The number of aromatic hydroxyl groups is 1. The molecule has 2 atom stereocenters. The molecule has 0 bridgehead atoms. The van der Waals surface area contributed by atoms with Gasteiger partial charge in [-0.15, -0.1) is 0 Å². The van der Waals surface area contributed by atoms with Crippen molar-refractivity contribution in [2.75, 3.05) is 6.54 Å². The van der Waals surface area contributed by atoms with E-state index >= 15 is 0 Å². The molecule has 2 fully saturated rings. The van der Waals surface area contributed by atoms with Gasteiger partial charge in [0.1, 0.15) is 11.5 Å². The summed E-state index contributed by atoms with van der Waals surface area (Å²) in [4.78, 5) is 35.8. The zero-order valence-electron chi connectivity index (χ0n) is 17.3. The molecule has 2 saturated carbocycles. The predicted octanol–water partition coefficient (Wildman–Crippen LogP) is 2.50. The van der Waals surface area contributed by atoms with Crippen LogP contribution in [0.3, 0.4) is 0 Å². The summed E-state index contributed by atoms with van der Waals surface area (Å²) in [6, 6.07) is 6.76. The van der Waals surface area contributed by atoms with Crippen molar-refractivity contribution in [2.45, 2.75) is 57.2 Å². The van der Waals surface area contributed by atoms with Crippen LogP contribution in [0.4, 0.5) is 0 Å². The summed E-state index contributed by atoms with van der Waals surface area (Å²) < 4.78 is 4.05. The SMILES string of the molecule is O=C1c2c(O)c(=O)nc(CC3CCC(n4ccc5cccnc54)C3)n2CCN1C1CC1. The number of carbonyl (C=O) groups excluding carboxylic acids is 1. The Morgan fingerprint density at radius 2 is 1.90 bits per heavy atom. The van der Waals surface area contributed by atoms with Crippen molar-refractivity contribution in [3.8, 4) is 5.75 Å². The maximum atomic E-state index is 13.0. The van der Waals surface area contributed by atoms with Crippen molar-refractivity contribution in [2.24, 2.45) is 5.92 Å². The zero-order valence-corrected chi connectivity index (χ0v) is 17.3. The number of fused-ring (bicyclic) bond motifs is 2. The fourth-order valence-corrected chi connectivity index (χ4v) is 5.41. The van der Waals surface area contributed by atoms with Gasteiger partial charge in [-0.2, -0.15) is 4.98 Å². The van der Waals surface area contributed by atoms with Gasteiger partial charge in [-0.25, -0.2) is 4.98 Å². The van der Waals surface area contributed by atoms with Crippen molar-refractivity contribution < 1.29 is 9.90 Å². The maximum Gasteiger partial charge on any atom is 0.315 e. The Bertz CT molecular complexity index is 1240. The van der Waals surface area contributed by atoms with Crippen LogP contribution < -0.4 is 5.56 Å². The van der Waals surface area contributed by atoms with E-state index in [0.29, 0.717) is 37.3 Å². The fourth-order valence-electron chi connectivity index (χ4n) is 5.41. The Morgan fingerprint density at radius 1 is 1.06 bits per heavy atom. The normalized spacial score (nSPS) is 23.5. The van der Waals surface area contributed by atoms with Gasteiger partial charge in [-0.05, 0) is 56.2 Å². The van der Waals surface area contributed by atoms with E-state index < -0.39 is 11.3 Å². The minimum atomic E-state index is -0.692. The molecule has 2 unspecified atom stereocenters. The van der Waals surface area contributed by atoms with Crippen LogP contribution in [-0.4, -0.2) is 47.6 Å². The first-order valence-corrected chi connectivity index (χ1v) is 11.2. The largest absolute Gasteiger partial charge is 0.501 e. The Morgan fingerprint density at radius 3 is 2.74 bits per heavy atom. The third-order valence-corrected chi connectivity index (χ3v) is 7.11. The zero-order chi connectivity index (χ0) is 21.1. The smallest absolute Gasteiger partial charge is 0.315 e. The minimum absolute atomic E-state index is 0.128. The average molecular weight is 419 g/mol. The molecule has 0 radical (unpaired) electrons. The Balaban J connectivity index is 1.27. The van der Waals surface area contributed by atoms with Gasteiger partial charge in [0.25, 0.3) is 5.91 Å². The van der Waals surface area contributed by atoms with Gasteiger partial charge in [0.05, 0.1) is 0 Å². The van der Waals surface area contributed by atoms with Crippen molar-refractivity contribution in [1.82, 2.24) is 24.0 Å². The van der Waals surface area contributed by atoms with Crippen molar-refractivity contribution >= 4 is 16.9 Å². The highest BCUT2D eigenvalue weighted by atomic mass is 16.3. The van der Waals surface area contributed by atoms with Crippen molar-refractivity contribution in [1.29, 1.82) is 0 Å². The molecule has 0 spiro atoms. The van der Waals surface area contributed by atoms with E-state index in [4.69, 9.17) is 0 Å². The second-order valence-corrected chi connectivity index (χ2v) is 9.09. The van der Waals surface area contributed by atoms with E-state index in [-0.39, 0.29) is 17.6 Å². The first kappa shape index (κ1) is 18.6. The molecule has 6 rings (SSSR count). The molecule has 3 aromatic heterocycles. The lowest BCUT2D eigenvalue weighted by atomic mass is 10.0. The summed E-state index contributed by atoms with van der Waals surface area (Å²) in [5.41, 5.74) is 0.445. The third kappa shape index (κ3) is 3.04. The average Bonchev–Trinajstić information content (AvgIpc) is 3.35. The number of pyridine rings is 1. The standard InChI is InChI=1S/C23H25N5O3/c29-20-19-23(31)27(16-5-6-16)10-11-28(19)18(25-22(20)30)13-14-3-4-17(12-14)26-9-7-15-2-1-8-24-21(15)26/h1-2,7-9,14,16-17,29H,3-6,10-13H2. The maximum absolute atomic E-state index is 13.0. The lowest BCUT2D eigenvalue weighted by molar-refractivity contribution is 0.0678. The van der Waals surface area contributed by atoms with E-state index in [1.54, 1.807) is 9.47 Å². The van der Waals surface area contributed by atoms with Crippen LogP contribution in [0.25, 0.3) is 11.0 Å². The highest BCUT2D eigenvalue weighted by molar-refractivity contribution is 5.96. The van der Waals surface area contributed by atoms with Gasteiger partial charge in [-0.1, -0.05) is 0 Å². The highest BCUT2D eigenvalue weighted by Gasteiger charge is 2.39. The molecule has 1 amide bonds. The van der Waals surface area contributed by atoms with E-state index in [2.05, 4.69) is 32.9 Å². The van der Waals surface area contributed by atoms with Gasteiger partial charge in [-0.3, -0.25) is 9.59 Å². The van der Waals surface area contributed by atoms with Gasteiger partial charge >= 0.3 is 5.56 Å². The lowest BCUT2D eigenvalue weighted by Crippen LogP contribution is -2.44. The second-order valence-electron chi connectivity index (χ2n) is 9.09. The molecule has 8 heteroatoms. The highest BCUT2D eigenvalue weighted by Crippen LogP contribution is 2.38. The van der Waals surface area contributed by atoms with Crippen LogP contribution in [0.1, 0.15) is 54.5 Å². The van der Waals surface area contributed by atoms with Gasteiger partial charge in [0.2, 0.25) is 5.75 Å². The number of carbonyl (C=O) groups is 1. The van der Waals surface area contributed by atoms with Crippen molar-refractivity contribution in [3.05, 3.63) is 52.5 Å². The number of amides is 1. The monoisotopic (exact) mass is 419 g/mol. The van der Waals surface area contributed by atoms with Crippen LogP contribution in [0, 0.1) is 5.92 Å². The summed E-state index contributed by atoms with van der Waals surface area (Å²) in [6.07, 6.45) is 9.65. The number of rotatable bonds is 4. The van der Waals surface area contributed by atoms with Gasteiger partial charge in [0, 0.05) is 49.4 Å². The molecule has 1 N–H and O–H groups in total. The summed E-state index contributed by atoms with van der Waals surface area (Å²) in [7, 11) is 0. The number of nitrogens with zero attached hydrogens (tertiary/aromatic N) is 5. The third-order valence-electron chi connectivity index (χ3n) is 7.11. The topological polar surface area (TPSA) is 93.2 Å². The minimum Gasteiger partial charge on any atom is -0.501 e. The van der Waals surface area contributed by atoms with E-state index in [1.165, 1.54) is 0 Å². The summed E-state index contributed by atoms with van der Waals surface area (Å²) in [6.45, 7) is 1.19. The molecule has 2 aliphatic carbocycles. The number of hydrogen-bond donors (Lipinski definition) is 1. The number of aromatic nitrogens is 4. The first-order valence-electron chi connectivity index (χ1n) is 11.2. The van der Waals surface area contributed by atoms with Crippen LogP contribution in [0.2, 0.25) is 0 Å². The molecule has 160 valence electrons. The fraction of sp³-hybridized carbons (Fsp3) is 0.478. The van der Waals surface area contributed by atoms with E-state index in [1.807, 2.05) is 12.3 Å². The van der Waals surface area contributed by atoms with Crippen LogP contribution >= 0.6 is 0 Å². The summed E-state index contributed by atoms with van der Waals surface area (Å²) in [5.74, 6) is 0.257. The lowest BCUT2D eigenvalue weighted by Gasteiger charge is -2.31. The molecule has 0 saturated heterocycles. The Hall–Kier alpha value is -3.16. The van der Waals surface area contributed by atoms with E-state index in [0.717, 1.165) is 43.1 Å². The number of hydrogen-bond acceptors (Lipinski definition) is 5. The predicted molar refractivity (Wildman–Crippen MR) is 114 cm³/mol. The molecular formula is C23H25N5O3. The van der Waals surface area contributed by atoms with Crippen LogP contribution in [0.15, 0.2) is 35.4 Å². The first-order chi connectivity index (χ1) is 15.1. The molecule has 4 heterocycles. The molecule has 8 nitrogen and oxygen atoms in total. The molecule has 3 aromatic rings. The quantitative estimate of drug-likeness (QED) is 0.701. The van der Waals surface area contributed by atoms with Crippen LogP contribution in [0.5, 0.6) is 5.75 Å². The van der Waals surface area contributed by atoms with Crippen LogP contribution in [-0.2, 0) is 13.0 Å². The Kier molecular flexibility index (Phi) is 4.16. The Labute approximate surface area is 179 Å². The molecule has 31 heavy (non-hydrogen) atoms. The summed E-state index contributed by atoms with van der Waals surface area (Å²) >= 11 is 0. The second kappa shape index (κ2) is 6.93. The summed E-state index contributed by atoms with van der Waals surface area (Å²) in [5, 5.41) is 11.5.